The summed E-state index contributed by atoms with van der Waals surface area (Å²) in [6.07, 6.45) is 2.96. The molecule has 0 amide bonds. The predicted molar refractivity (Wildman–Crippen MR) is 78.5 cm³/mol. The summed E-state index contributed by atoms with van der Waals surface area (Å²) in [6, 6.07) is 4.58. The number of fused-ring (bicyclic) bond motifs is 1. The molecule has 0 aliphatic carbocycles. The number of pyridine rings is 1. The van der Waals surface area contributed by atoms with E-state index >= 15 is 0 Å². The van der Waals surface area contributed by atoms with Gasteiger partial charge in [0.05, 0.1) is 10.3 Å². The molecular formula is C14H15N3O4. The van der Waals surface area contributed by atoms with Crippen LogP contribution in [-0.2, 0) is 4.79 Å². The lowest BCUT2D eigenvalue weighted by Gasteiger charge is -2.28. The number of aromatic nitrogens is 1. The Bertz CT molecular complexity index is 700. The van der Waals surface area contributed by atoms with Crippen molar-refractivity contribution in [1.29, 1.82) is 0 Å². The summed E-state index contributed by atoms with van der Waals surface area (Å²) in [5.74, 6) is -0.954. The summed E-state index contributed by atoms with van der Waals surface area (Å²) >= 11 is 0. The minimum absolute atomic E-state index is 0.0409. The SMILES string of the molecule is CC(C)N(CC(=O)O)c1ccc([N+](=O)[O-])c2cnccc12. The molecule has 0 atom stereocenters. The summed E-state index contributed by atoms with van der Waals surface area (Å²) in [4.78, 5) is 27.3. The highest BCUT2D eigenvalue weighted by atomic mass is 16.6. The molecule has 0 spiro atoms. The van der Waals surface area contributed by atoms with Gasteiger partial charge in [0.1, 0.15) is 6.54 Å². The van der Waals surface area contributed by atoms with E-state index in [0.717, 1.165) is 0 Å². The number of carboxylic acid groups (broad SMARTS) is 1. The Labute approximate surface area is 121 Å². The smallest absolute Gasteiger partial charge is 0.323 e. The summed E-state index contributed by atoms with van der Waals surface area (Å²) in [5, 5.41) is 21.1. The molecule has 7 nitrogen and oxygen atoms in total. The lowest BCUT2D eigenvalue weighted by atomic mass is 10.1. The van der Waals surface area contributed by atoms with Crippen LogP contribution in [0.4, 0.5) is 11.4 Å². The van der Waals surface area contributed by atoms with Gasteiger partial charge >= 0.3 is 5.97 Å². The zero-order valence-electron chi connectivity index (χ0n) is 11.7. The average molecular weight is 289 g/mol. The Morgan fingerprint density at radius 3 is 2.67 bits per heavy atom. The number of non-ortho nitro benzene ring substituents is 1. The van der Waals surface area contributed by atoms with Crippen molar-refractivity contribution in [2.24, 2.45) is 0 Å². The van der Waals surface area contributed by atoms with Crippen LogP contribution in [0.15, 0.2) is 30.6 Å². The van der Waals surface area contributed by atoms with Gasteiger partial charge in [-0.25, -0.2) is 0 Å². The lowest BCUT2D eigenvalue weighted by Crippen LogP contribution is -2.35. The van der Waals surface area contributed by atoms with Crippen LogP contribution in [0.2, 0.25) is 0 Å². The van der Waals surface area contributed by atoms with Gasteiger partial charge in [0.2, 0.25) is 0 Å². The van der Waals surface area contributed by atoms with Gasteiger partial charge < -0.3 is 10.0 Å². The summed E-state index contributed by atoms with van der Waals surface area (Å²) in [7, 11) is 0. The highest BCUT2D eigenvalue weighted by Crippen LogP contribution is 2.33. The monoisotopic (exact) mass is 289 g/mol. The maximum Gasteiger partial charge on any atom is 0.323 e. The maximum absolute atomic E-state index is 11.1. The molecule has 0 fully saturated rings. The van der Waals surface area contributed by atoms with Gasteiger partial charge in [0.15, 0.2) is 0 Å². The fourth-order valence-corrected chi connectivity index (χ4v) is 2.26. The van der Waals surface area contributed by atoms with Gasteiger partial charge in [0.25, 0.3) is 5.69 Å². The molecule has 7 heteroatoms. The third-order valence-corrected chi connectivity index (χ3v) is 3.21. The van der Waals surface area contributed by atoms with Gasteiger partial charge in [-0.15, -0.1) is 0 Å². The third kappa shape index (κ3) is 2.91. The molecule has 2 rings (SSSR count). The van der Waals surface area contributed by atoms with E-state index < -0.39 is 10.9 Å². The molecule has 2 aromatic rings. The van der Waals surface area contributed by atoms with Crippen molar-refractivity contribution in [2.45, 2.75) is 19.9 Å². The second-order valence-corrected chi connectivity index (χ2v) is 4.90. The quantitative estimate of drug-likeness (QED) is 0.670. The standard InChI is InChI=1S/C14H15N3O4/c1-9(2)16(8-14(18)19)12-3-4-13(17(20)21)11-7-15-6-5-10(11)12/h3-7,9H,8H2,1-2H3,(H,18,19). The average Bonchev–Trinajstić information content (AvgIpc) is 2.43. The van der Waals surface area contributed by atoms with Crippen LogP contribution in [0.1, 0.15) is 13.8 Å². The topological polar surface area (TPSA) is 96.6 Å². The molecule has 1 heterocycles. The van der Waals surface area contributed by atoms with E-state index in [1.54, 1.807) is 17.0 Å². The zero-order valence-corrected chi connectivity index (χ0v) is 11.7. The largest absolute Gasteiger partial charge is 0.480 e. The predicted octanol–water partition coefficient (Wildman–Crippen LogP) is 2.44. The minimum atomic E-state index is -0.954. The number of carboxylic acids is 1. The Morgan fingerprint density at radius 2 is 2.10 bits per heavy atom. The van der Waals surface area contributed by atoms with Gasteiger partial charge in [-0.3, -0.25) is 19.9 Å². The van der Waals surface area contributed by atoms with Crippen LogP contribution in [0, 0.1) is 10.1 Å². The van der Waals surface area contributed by atoms with Crippen LogP contribution >= 0.6 is 0 Å². The number of nitrogens with zero attached hydrogens (tertiary/aromatic N) is 3. The number of hydrogen-bond donors (Lipinski definition) is 1. The van der Waals surface area contributed by atoms with Crippen LogP contribution in [-0.4, -0.2) is 33.6 Å². The minimum Gasteiger partial charge on any atom is -0.480 e. The first-order valence-corrected chi connectivity index (χ1v) is 6.41. The van der Waals surface area contributed by atoms with Crippen molar-refractivity contribution < 1.29 is 14.8 Å². The maximum atomic E-state index is 11.1. The molecule has 0 saturated heterocycles. The van der Waals surface area contributed by atoms with Crippen molar-refractivity contribution >= 4 is 28.1 Å². The first kappa shape index (κ1) is 14.7. The summed E-state index contributed by atoms with van der Waals surface area (Å²) in [6.45, 7) is 3.57. The van der Waals surface area contributed by atoms with Gasteiger partial charge in [-0.1, -0.05) is 0 Å². The number of nitro benzene ring substituents is 1. The number of hydrogen-bond acceptors (Lipinski definition) is 5. The molecule has 0 saturated carbocycles. The van der Waals surface area contributed by atoms with Crippen molar-refractivity contribution in [2.75, 3.05) is 11.4 Å². The van der Waals surface area contributed by atoms with E-state index in [-0.39, 0.29) is 18.3 Å². The first-order chi connectivity index (χ1) is 9.91. The highest BCUT2D eigenvalue weighted by molar-refractivity contribution is 6.00. The normalized spacial score (nSPS) is 10.8. The number of benzene rings is 1. The second kappa shape index (κ2) is 5.74. The van der Waals surface area contributed by atoms with Crippen molar-refractivity contribution in [3.05, 3.63) is 40.7 Å². The van der Waals surface area contributed by atoms with E-state index in [4.69, 9.17) is 5.11 Å². The molecule has 1 N–H and O–H groups in total. The highest BCUT2D eigenvalue weighted by Gasteiger charge is 2.20. The molecular weight excluding hydrogens is 274 g/mol. The molecule has 21 heavy (non-hydrogen) atoms. The molecule has 0 bridgehead atoms. The van der Waals surface area contributed by atoms with Gasteiger partial charge in [0, 0.05) is 35.6 Å². The number of nitro groups is 1. The lowest BCUT2D eigenvalue weighted by molar-refractivity contribution is -0.383. The van der Waals surface area contributed by atoms with Crippen LogP contribution < -0.4 is 4.90 Å². The van der Waals surface area contributed by atoms with Gasteiger partial charge in [-0.05, 0) is 26.0 Å². The fraction of sp³-hybridized carbons (Fsp3) is 0.286. The number of anilines is 1. The van der Waals surface area contributed by atoms with E-state index in [1.165, 1.54) is 18.5 Å². The van der Waals surface area contributed by atoms with E-state index in [0.29, 0.717) is 16.5 Å². The Morgan fingerprint density at radius 1 is 1.38 bits per heavy atom. The van der Waals surface area contributed by atoms with Crippen molar-refractivity contribution in [3.63, 3.8) is 0 Å². The molecule has 1 aromatic heterocycles. The van der Waals surface area contributed by atoms with Crippen LogP contribution in [0.3, 0.4) is 0 Å². The Hall–Kier alpha value is -2.70. The Balaban J connectivity index is 2.66. The van der Waals surface area contributed by atoms with Crippen LogP contribution in [0.25, 0.3) is 10.8 Å². The molecule has 1 aromatic carbocycles. The number of aliphatic carboxylic acids is 1. The molecule has 110 valence electrons. The number of carbonyl (C=O) groups is 1. The zero-order chi connectivity index (χ0) is 15.6. The van der Waals surface area contributed by atoms with Gasteiger partial charge in [-0.2, -0.15) is 0 Å². The van der Waals surface area contributed by atoms with Crippen molar-refractivity contribution in [1.82, 2.24) is 4.98 Å². The molecule has 0 radical (unpaired) electrons. The summed E-state index contributed by atoms with van der Waals surface area (Å²) < 4.78 is 0. The summed E-state index contributed by atoms with van der Waals surface area (Å²) in [5.41, 5.74) is 0.608. The van der Waals surface area contributed by atoms with E-state index in [1.807, 2.05) is 13.8 Å². The number of rotatable bonds is 5. The first-order valence-electron chi connectivity index (χ1n) is 6.41. The van der Waals surface area contributed by atoms with Crippen molar-refractivity contribution in [3.8, 4) is 0 Å². The fourth-order valence-electron chi connectivity index (χ4n) is 2.26. The Kier molecular flexibility index (Phi) is 4.02. The van der Waals surface area contributed by atoms with E-state index in [9.17, 15) is 14.9 Å². The molecule has 0 aliphatic rings. The van der Waals surface area contributed by atoms with E-state index in [2.05, 4.69) is 4.98 Å². The molecule has 0 aliphatic heterocycles. The third-order valence-electron chi connectivity index (χ3n) is 3.21. The molecule has 0 unspecified atom stereocenters. The van der Waals surface area contributed by atoms with Crippen LogP contribution in [0.5, 0.6) is 0 Å². The second-order valence-electron chi connectivity index (χ2n) is 4.90.